The fourth-order valence-corrected chi connectivity index (χ4v) is 4.08. The number of fused-ring (bicyclic) bond motifs is 1. The number of amides is 1. The molecule has 5 nitrogen and oxygen atoms in total. The predicted octanol–water partition coefficient (Wildman–Crippen LogP) is 1.33. The molecule has 1 saturated heterocycles. The highest BCUT2D eigenvalue weighted by molar-refractivity contribution is 8.00. The van der Waals surface area contributed by atoms with Crippen molar-refractivity contribution in [1.82, 2.24) is 4.90 Å². The standard InChI is InChI=1S/C15H17NO4S/c17-14(16-6-7-20-9-12(16)15(18)19)13-11-4-2-1-3-10(11)5-8-21-13/h1-4,12-13H,5-9H2,(H,18,19). The third-order valence-corrected chi connectivity index (χ3v) is 5.14. The van der Waals surface area contributed by atoms with E-state index in [1.807, 2.05) is 24.3 Å². The van der Waals surface area contributed by atoms with Crippen LogP contribution in [0.3, 0.4) is 0 Å². The molecule has 2 atom stereocenters. The quantitative estimate of drug-likeness (QED) is 0.893. The number of carboxylic acid groups (broad SMARTS) is 1. The van der Waals surface area contributed by atoms with Gasteiger partial charge in [0, 0.05) is 6.54 Å². The number of carboxylic acids is 1. The van der Waals surface area contributed by atoms with E-state index in [0.29, 0.717) is 13.2 Å². The lowest BCUT2D eigenvalue weighted by molar-refractivity contribution is -0.158. The van der Waals surface area contributed by atoms with Crippen LogP contribution in [0.25, 0.3) is 0 Å². The third-order valence-electron chi connectivity index (χ3n) is 3.91. The zero-order valence-electron chi connectivity index (χ0n) is 11.5. The molecule has 0 spiro atoms. The van der Waals surface area contributed by atoms with Crippen LogP contribution < -0.4 is 0 Å². The normalized spacial score (nSPS) is 25.2. The van der Waals surface area contributed by atoms with E-state index in [2.05, 4.69) is 0 Å². The van der Waals surface area contributed by atoms with E-state index in [0.717, 1.165) is 17.7 Å². The first kappa shape index (κ1) is 14.4. The molecule has 2 aliphatic heterocycles. The van der Waals surface area contributed by atoms with Crippen LogP contribution in [0, 0.1) is 0 Å². The number of nitrogens with zero attached hydrogens (tertiary/aromatic N) is 1. The second kappa shape index (κ2) is 6.07. The Labute approximate surface area is 127 Å². The van der Waals surface area contributed by atoms with Crippen LogP contribution in [0.5, 0.6) is 0 Å². The Bertz CT molecular complexity index is 562. The molecule has 21 heavy (non-hydrogen) atoms. The molecule has 3 rings (SSSR count). The summed E-state index contributed by atoms with van der Waals surface area (Å²) < 4.78 is 5.20. The van der Waals surface area contributed by atoms with E-state index in [1.165, 1.54) is 10.5 Å². The molecule has 1 aromatic carbocycles. The second-order valence-corrected chi connectivity index (χ2v) is 6.37. The molecule has 1 aromatic rings. The number of benzene rings is 1. The largest absolute Gasteiger partial charge is 0.480 e. The minimum Gasteiger partial charge on any atom is -0.480 e. The van der Waals surface area contributed by atoms with Gasteiger partial charge < -0.3 is 14.7 Å². The Morgan fingerprint density at radius 1 is 1.33 bits per heavy atom. The molecule has 0 aromatic heterocycles. The van der Waals surface area contributed by atoms with Gasteiger partial charge in [0.05, 0.1) is 13.2 Å². The van der Waals surface area contributed by atoms with Gasteiger partial charge >= 0.3 is 5.97 Å². The molecule has 1 amide bonds. The van der Waals surface area contributed by atoms with Gasteiger partial charge in [-0.3, -0.25) is 4.79 Å². The van der Waals surface area contributed by atoms with Crippen LogP contribution in [0.2, 0.25) is 0 Å². The van der Waals surface area contributed by atoms with E-state index >= 15 is 0 Å². The van der Waals surface area contributed by atoms with Gasteiger partial charge in [0.2, 0.25) is 5.91 Å². The molecule has 2 heterocycles. The Morgan fingerprint density at radius 3 is 2.95 bits per heavy atom. The monoisotopic (exact) mass is 307 g/mol. The summed E-state index contributed by atoms with van der Waals surface area (Å²) >= 11 is 1.60. The van der Waals surface area contributed by atoms with Crippen LogP contribution in [0.1, 0.15) is 16.4 Å². The van der Waals surface area contributed by atoms with E-state index in [1.54, 1.807) is 11.8 Å². The fraction of sp³-hybridized carbons (Fsp3) is 0.467. The molecule has 0 bridgehead atoms. The summed E-state index contributed by atoms with van der Waals surface area (Å²) in [5.74, 6) is -0.227. The topological polar surface area (TPSA) is 66.8 Å². The van der Waals surface area contributed by atoms with E-state index < -0.39 is 12.0 Å². The summed E-state index contributed by atoms with van der Waals surface area (Å²) in [5, 5.41) is 8.97. The molecule has 2 unspecified atom stereocenters. The maximum absolute atomic E-state index is 12.8. The van der Waals surface area contributed by atoms with Crippen LogP contribution in [-0.2, 0) is 20.7 Å². The SMILES string of the molecule is O=C(O)C1COCCN1C(=O)C1SCCc2ccccc21. The molecule has 0 radical (unpaired) electrons. The highest BCUT2D eigenvalue weighted by Gasteiger charge is 2.38. The number of hydrogen-bond acceptors (Lipinski definition) is 4. The van der Waals surface area contributed by atoms with Gasteiger partial charge in [-0.2, -0.15) is 0 Å². The van der Waals surface area contributed by atoms with Gasteiger partial charge in [-0.05, 0) is 23.3 Å². The number of ether oxygens (including phenoxy) is 1. The van der Waals surface area contributed by atoms with Crippen LogP contribution in [0.4, 0.5) is 0 Å². The lowest BCUT2D eigenvalue weighted by Gasteiger charge is -2.36. The summed E-state index contributed by atoms with van der Waals surface area (Å²) in [7, 11) is 0. The van der Waals surface area contributed by atoms with Gasteiger partial charge in [-0.15, -0.1) is 11.8 Å². The fourth-order valence-electron chi connectivity index (χ4n) is 2.82. The third kappa shape index (κ3) is 2.78. The summed E-state index contributed by atoms with van der Waals surface area (Å²) in [5.41, 5.74) is 2.21. The van der Waals surface area contributed by atoms with Crippen LogP contribution >= 0.6 is 11.8 Å². The van der Waals surface area contributed by atoms with Crippen LogP contribution in [0.15, 0.2) is 24.3 Å². The first-order valence-corrected chi connectivity index (χ1v) is 8.04. The average Bonchev–Trinajstić information content (AvgIpc) is 2.53. The number of carbonyl (C=O) groups excluding carboxylic acids is 1. The van der Waals surface area contributed by atoms with Crippen molar-refractivity contribution in [2.45, 2.75) is 17.7 Å². The maximum Gasteiger partial charge on any atom is 0.328 e. The zero-order valence-corrected chi connectivity index (χ0v) is 12.3. The van der Waals surface area contributed by atoms with Gasteiger partial charge in [0.15, 0.2) is 6.04 Å². The highest BCUT2D eigenvalue weighted by Crippen LogP contribution is 2.38. The van der Waals surface area contributed by atoms with E-state index in [-0.39, 0.29) is 17.8 Å². The van der Waals surface area contributed by atoms with Crippen LogP contribution in [-0.4, -0.2) is 53.4 Å². The van der Waals surface area contributed by atoms with E-state index in [4.69, 9.17) is 4.74 Å². The van der Waals surface area contributed by atoms with Gasteiger partial charge in [-0.25, -0.2) is 4.79 Å². The summed E-state index contributed by atoms with van der Waals surface area (Å²) in [6, 6.07) is 7.05. The molecule has 2 aliphatic rings. The number of rotatable bonds is 2. The van der Waals surface area contributed by atoms with Crippen molar-refractivity contribution in [1.29, 1.82) is 0 Å². The Kier molecular flexibility index (Phi) is 4.17. The number of aliphatic carboxylic acids is 1. The number of hydrogen-bond donors (Lipinski definition) is 1. The first-order chi connectivity index (χ1) is 10.2. The van der Waals surface area contributed by atoms with Crippen molar-refractivity contribution in [2.24, 2.45) is 0 Å². The predicted molar refractivity (Wildman–Crippen MR) is 79.3 cm³/mol. The van der Waals surface area contributed by atoms with Crippen molar-refractivity contribution in [3.05, 3.63) is 35.4 Å². The molecule has 112 valence electrons. The summed E-state index contributed by atoms with van der Waals surface area (Å²) in [4.78, 5) is 25.6. The molecule has 0 saturated carbocycles. The molecule has 6 heteroatoms. The van der Waals surface area contributed by atoms with Gasteiger partial charge in [-0.1, -0.05) is 24.3 Å². The second-order valence-electron chi connectivity index (χ2n) is 5.16. The van der Waals surface area contributed by atoms with Crippen molar-refractivity contribution < 1.29 is 19.4 Å². The molecule has 1 N–H and O–H groups in total. The molecule has 1 fully saturated rings. The summed E-state index contributed by atoms with van der Waals surface area (Å²) in [6.07, 6.45) is 0.954. The van der Waals surface area contributed by atoms with Gasteiger partial charge in [0.25, 0.3) is 0 Å². The Morgan fingerprint density at radius 2 is 2.14 bits per heavy atom. The minimum absolute atomic E-state index is 0.0696. The molecule has 0 aliphatic carbocycles. The maximum atomic E-state index is 12.8. The van der Waals surface area contributed by atoms with Crippen molar-refractivity contribution in [3.8, 4) is 0 Å². The van der Waals surface area contributed by atoms with E-state index in [9.17, 15) is 14.7 Å². The van der Waals surface area contributed by atoms with Crippen molar-refractivity contribution in [3.63, 3.8) is 0 Å². The Hall–Kier alpha value is -1.53. The summed E-state index contributed by atoms with van der Waals surface area (Å²) in [6.45, 7) is 0.809. The van der Waals surface area contributed by atoms with Gasteiger partial charge in [0.1, 0.15) is 5.25 Å². The first-order valence-electron chi connectivity index (χ1n) is 6.99. The average molecular weight is 307 g/mol. The zero-order chi connectivity index (χ0) is 14.8. The highest BCUT2D eigenvalue weighted by atomic mass is 32.2. The minimum atomic E-state index is -1.00. The van der Waals surface area contributed by atoms with Crippen molar-refractivity contribution >= 4 is 23.6 Å². The molecular weight excluding hydrogens is 290 g/mol. The lowest BCUT2D eigenvalue weighted by atomic mass is 10.0. The smallest absolute Gasteiger partial charge is 0.328 e. The number of aryl methyl sites for hydroxylation is 1. The number of morpholine rings is 1. The Balaban J connectivity index is 1.86. The van der Waals surface area contributed by atoms with Crippen molar-refractivity contribution in [2.75, 3.05) is 25.5 Å². The lowest BCUT2D eigenvalue weighted by Crippen LogP contribution is -2.53. The molecular formula is C15H17NO4S. The number of carbonyl (C=O) groups is 2. The number of thioether (sulfide) groups is 1.